The van der Waals surface area contributed by atoms with E-state index in [1.807, 2.05) is 133 Å². The maximum Gasteiger partial charge on any atom is 0.404 e. The third-order valence-electron chi connectivity index (χ3n) is 18.0. The van der Waals surface area contributed by atoms with Crippen molar-refractivity contribution < 1.29 is 61.7 Å². The van der Waals surface area contributed by atoms with Crippen LogP contribution in [0.1, 0.15) is 194 Å². The number of unbranched alkanes of at least 4 members (excludes halogenated alkanes) is 19. The van der Waals surface area contributed by atoms with Crippen LogP contribution in [-0.4, -0.2) is 88.8 Å². The zero-order valence-electron chi connectivity index (χ0n) is 58.0. The van der Waals surface area contributed by atoms with Gasteiger partial charge in [-0.3, -0.25) is 4.79 Å². The summed E-state index contributed by atoms with van der Waals surface area (Å²) in [4.78, 5) is 26.0. The summed E-state index contributed by atoms with van der Waals surface area (Å²) in [6.07, 6.45) is 19.4. The smallest absolute Gasteiger partial charge is 0.404 e. The summed E-state index contributed by atoms with van der Waals surface area (Å²) < 4.78 is 73.3. The molecule has 0 spiro atoms. The van der Waals surface area contributed by atoms with Gasteiger partial charge in [0.25, 0.3) is 0 Å². The monoisotopic (exact) mass is 1320 g/mol. The van der Waals surface area contributed by atoms with E-state index in [-0.39, 0.29) is 51.8 Å². The van der Waals surface area contributed by atoms with Gasteiger partial charge < -0.3 is 57.8 Å². The van der Waals surface area contributed by atoms with Crippen LogP contribution in [0.2, 0.25) is 0 Å². The Balaban J connectivity index is 1.21. The average Bonchev–Trinajstić information content (AvgIpc) is 0.792. The predicted octanol–water partition coefficient (Wildman–Crippen LogP) is 18.6. The highest BCUT2D eigenvalue weighted by atomic mass is 16.7. The highest BCUT2D eigenvalue weighted by Crippen LogP contribution is 2.35. The molecule has 4 unspecified atom stereocenters. The number of amides is 1. The van der Waals surface area contributed by atoms with E-state index in [1.165, 1.54) is 57.8 Å². The summed E-state index contributed by atoms with van der Waals surface area (Å²) in [7, 11) is 3.35. The first-order valence-electron chi connectivity index (χ1n) is 36.1. The third kappa shape index (κ3) is 30.5. The number of methoxy groups -OCH3 is 2. The molecule has 1 aliphatic rings. The van der Waals surface area contributed by atoms with E-state index >= 15 is 0 Å². The number of carbonyl (C=O) groups excluding carboxylic acids is 2. The van der Waals surface area contributed by atoms with E-state index < -0.39 is 54.9 Å². The van der Waals surface area contributed by atoms with Crippen LogP contribution in [-0.2, 0) is 87.1 Å². The number of primary amides is 1. The number of nitrogens with two attached hydrogens (primary N) is 1. The lowest BCUT2D eigenvalue weighted by atomic mass is 9.89. The SMILES string of the molecule is CCCCCCCCCCCCCCC(OCc1ccc(OC)cc1)C(OCc1ccc(OC)cc1)C(CO[C@H]1OC(COCc2ccccc2)[C@H](OCc2ccccc2)[C@H](OCc2ccccc2)[C@H]1OCc1ccccc1)CC(=O)CCCCCCCCCCCOC(N)=O. The largest absolute Gasteiger partial charge is 0.497 e. The number of rotatable bonds is 53. The number of hydrogen-bond acceptors (Lipinski definition) is 13. The standard InChI is InChI=1S/C82H113NO13/c1-4-5-6-7-8-9-10-11-14-17-20-35-46-75(90-58-69-47-51-73(86-2)52-48-69)77(91-62-70-49-53-74(87-3)54-50-70)71(56-72(84)45-34-19-16-13-12-15-18-21-36-55-89-82(83)85)63-95-81-80(94-61-68-43-32-25-33-44-68)79(93-60-67-41-30-24-31-42-67)78(92-59-66-39-28-23-29-40-66)76(96-81)64-88-57-65-37-26-22-27-38-65/h22-33,37-44,47-54,71,75-81H,4-21,34-36,45-46,55-64H2,1-3H3,(H2,83,85)/t71?,75?,76?,77?,78-,79-,80+,81-/m0/s1. The Kier molecular flexibility index (Phi) is 38.0. The van der Waals surface area contributed by atoms with Gasteiger partial charge in [0, 0.05) is 18.8 Å². The second-order valence-corrected chi connectivity index (χ2v) is 25.8. The summed E-state index contributed by atoms with van der Waals surface area (Å²) in [5.41, 5.74) is 11.1. The van der Waals surface area contributed by atoms with Crippen molar-refractivity contribution >= 4 is 11.9 Å². The highest BCUT2D eigenvalue weighted by molar-refractivity contribution is 5.78. The Hall–Kier alpha value is -6.46. The van der Waals surface area contributed by atoms with Gasteiger partial charge in [-0.1, -0.05) is 275 Å². The van der Waals surface area contributed by atoms with Crippen LogP contribution in [0.5, 0.6) is 11.5 Å². The lowest BCUT2D eigenvalue weighted by molar-refractivity contribution is -0.331. The van der Waals surface area contributed by atoms with Crippen LogP contribution >= 0.6 is 0 Å². The van der Waals surface area contributed by atoms with Gasteiger partial charge in [0.1, 0.15) is 41.7 Å². The quantitative estimate of drug-likeness (QED) is 0.0360. The maximum absolute atomic E-state index is 15.0. The summed E-state index contributed by atoms with van der Waals surface area (Å²) in [6.45, 7) is 4.62. The molecular formula is C82H113NO13. The van der Waals surface area contributed by atoms with Gasteiger partial charge in [0.2, 0.25) is 0 Å². The lowest BCUT2D eigenvalue weighted by Gasteiger charge is -2.46. The second kappa shape index (κ2) is 47.5. The number of carbonyl (C=O) groups is 2. The fraction of sp³-hybridized carbons (Fsp3) is 0.537. The molecule has 1 aliphatic heterocycles. The minimum atomic E-state index is -1.02. The molecule has 14 heteroatoms. The Labute approximate surface area is 574 Å². The van der Waals surface area contributed by atoms with Gasteiger partial charge in [0.15, 0.2) is 6.29 Å². The van der Waals surface area contributed by atoms with E-state index in [1.54, 1.807) is 14.2 Å². The molecule has 96 heavy (non-hydrogen) atoms. The molecule has 1 fully saturated rings. The molecule has 6 aromatic carbocycles. The molecule has 0 aromatic heterocycles. The van der Waals surface area contributed by atoms with Crippen LogP contribution in [0.3, 0.4) is 0 Å². The topological polar surface area (TPSA) is 162 Å². The van der Waals surface area contributed by atoms with Gasteiger partial charge in [-0.15, -0.1) is 0 Å². The van der Waals surface area contributed by atoms with Gasteiger partial charge in [0.05, 0.1) is 85.9 Å². The van der Waals surface area contributed by atoms with Crippen molar-refractivity contribution in [3.05, 3.63) is 203 Å². The van der Waals surface area contributed by atoms with Crippen molar-refractivity contribution in [1.82, 2.24) is 0 Å². The van der Waals surface area contributed by atoms with Crippen LogP contribution < -0.4 is 15.2 Å². The highest BCUT2D eigenvalue weighted by Gasteiger charge is 2.50. The van der Waals surface area contributed by atoms with Gasteiger partial charge in [-0.25, -0.2) is 4.79 Å². The van der Waals surface area contributed by atoms with Crippen molar-refractivity contribution in [3.8, 4) is 11.5 Å². The first-order valence-corrected chi connectivity index (χ1v) is 36.1. The molecule has 8 atom stereocenters. The molecule has 1 saturated heterocycles. The number of benzene rings is 6. The zero-order valence-corrected chi connectivity index (χ0v) is 58.0. The molecule has 0 saturated carbocycles. The fourth-order valence-corrected chi connectivity index (χ4v) is 12.5. The van der Waals surface area contributed by atoms with E-state index in [2.05, 4.69) is 43.3 Å². The minimum absolute atomic E-state index is 0.0723. The summed E-state index contributed by atoms with van der Waals surface area (Å²) in [6, 6.07) is 56.5. The first kappa shape index (κ1) is 76.9. The normalized spacial score (nSPS) is 17.2. The second-order valence-electron chi connectivity index (χ2n) is 25.8. The Morgan fingerprint density at radius 2 is 0.854 bits per heavy atom. The number of hydrogen-bond donors (Lipinski definition) is 1. The molecule has 1 amide bonds. The molecule has 524 valence electrons. The van der Waals surface area contributed by atoms with Crippen LogP contribution in [0.4, 0.5) is 4.79 Å². The van der Waals surface area contributed by atoms with Gasteiger partial charge >= 0.3 is 6.09 Å². The van der Waals surface area contributed by atoms with E-state index in [0.29, 0.717) is 32.7 Å². The van der Waals surface area contributed by atoms with Crippen molar-refractivity contribution in [1.29, 1.82) is 0 Å². The lowest BCUT2D eigenvalue weighted by Crippen LogP contribution is -2.62. The molecule has 2 N–H and O–H groups in total. The number of ketones is 1. The molecule has 14 nitrogen and oxygen atoms in total. The summed E-state index contributed by atoms with van der Waals surface area (Å²) in [5, 5.41) is 0. The Bertz CT molecular complexity index is 2900. The van der Waals surface area contributed by atoms with Crippen molar-refractivity contribution in [2.24, 2.45) is 11.7 Å². The van der Waals surface area contributed by atoms with Crippen molar-refractivity contribution in [3.63, 3.8) is 0 Å². The fourth-order valence-electron chi connectivity index (χ4n) is 12.5. The molecule has 0 bridgehead atoms. The van der Waals surface area contributed by atoms with E-state index in [0.717, 1.165) is 122 Å². The summed E-state index contributed by atoms with van der Waals surface area (Å²) in [5.74, 6) is 1.17. The predicted molar refractivity (Wildman–Crippen MR) is 379 cm³/mol. The van der Waals surface area contributed by atoms with Crippen LogP contribution in [0.15, 0.2) is 170 Å². The number of ether oxygens (including phenoxy) is 11. The number of Topliss-reactive ketones (excluding diaryl/α,β-unsaturated/α-hetero) is 1. The third-order valence-corrected chi connectivity index (χ3v) is 18.0. The van der Waals surface area contributed by atoms with Crippen molar-refractivity contribution in [2.45, 2.75) is 244 Å². The van der Waals surface area contributed by atoms with Crippen LogP contribution in [0.25, 0.3) is 0 Å². The Morgan fingerprint density at radius 1 is 0.438 bits per heavy atom. The average molecular weight is 1320 g/mol. The molecule has 0 aliphatic carbocycles. The minimum Gasteiger partial charge on any atom is -0.497 e. The van der Waals surface area contributed by atoms with Crippen LogP contribution in [0, 0.1) is 5.92 Å². The van der Waals surface area contributed by atoms with E-state index in [4.69, 9.17) is 57.8 Å². The van der Waals surface area contributed by atoms with Gasteiger partial charge in [-0.05, 0) is 76.9 Å². The summed E-state index contributed by atoms with van der Waals surface area (Å²) >= 11 is 0. The zero-order chi connectivity index (χ0) is 67.3. The molecular weight excluding hydrogens is 1210 g/mol. The first-order chi connectivity index (χ1) is 47.3. The molecule has 1 heterocycles. The van der Waals surface area contributed by atoms with E-state index in [9.17, 15) is 9.59 Å². The maximum atomic E-state index is 15.0. The van der Waals surface area contributed by atoms with Crippen molar-refractivity contribution in [2.75, 3.05) is 34.0 Å². The molecule has 0 radical (unpaired) electrons. The molecule has 6 aromatic rings. The Morgan fingerprint density at radius 3 is 1.33 bits per heavy atom. The van der Waals surface area contributed by atoms with Gasteiger partial charge in [-0.2, -0.15) is 0 Å². The molecule has 7 rings (SSSR count).